The van der Waals surface area contributed by atoms with Crippen molar-refractivity contribution in [3.63, 3.8) is 0 Å². The Morgan fingerprint density at radius 3 is 2.37 bits per heavy atom. The van der Waals surface area contributed by atoms with E-state index in [0.29, 0.717) is 25.9 Å². The van der Waals surface area contributed by atoms with E-state index in [1.54, 1.807) is 6.08 Å². The number of piperidine rings is 1. The topological polar surface area (TPSA) is 49.4 Å². The summed E-state index contributed by atoms with van der Waals surface area (Å²) in [6.45, 7) is 5.32. The first-order chi connectivity index (χ1) is 13.0. The summed E-state index contributed by atoms with van der Waals surface area (Å²) < 4.78 is 0. The maximum absolute atomic E-state index is 12.5. The van der Waals surface area contributed by atoms with E-state index in [9.17, 15) is 9.59 Å². The molecule has 1 aliphatic rings. The number of likely N-dealkylation sites (tertiary alicyclic amines) is 1. The molecule has 0 saturated carbocycles. The second kappa shape index (κ2) is 8.67. The molecule has 0 bridgehead atoms. The van der Waals surface area contributed by atoms with Crippen molar-refractivity contribution in [2.45, 2.75) is 26.7 Å². The molecule has 2 amide bonds. The SMILES string of the molecule is Cc1ccc(NC(=O)C2CCN(C(=O)/C=C/c3ccccc3)CC2)cc1C. The van der Waals surface area contributed by atoms with Gasteiger partial charge in [-0.2, -0.15) is 0 Å². The van der Waals surface area contributed by atoms with Gasteiger partial charge in [-0.15, -0.1) is 0 Å². The van der Waals surface area contributed by atoms with Gasteiger partial charge in [0.25, 0.3) is 0 Å². The fourth-order valence-corrected chi connectivity index (χ4v) is 3.26. The standard InChI is InChI=1S/C23H26N2O2/c1-17-8-10-21(16-18(17)2)24-23(27)20-12-14-25(15-13-20)22(26)11-9-19-6-4-3-5-7-19/h3-11,16,20H,12-15H2,1-2H3,(H,24,27)/b11-9+. The zero-order valence-corrected chi connectivity index (χ0v) is 15.9. The number of nitrogens with one attached hydrogen (secondary N) is 1. The molecule has 0 aromatic heterocycles. The molecular formula is C23H26N2O2. The Labute approximate surface area is 160 Å². The van der Waals surface area contributed by atoms with Gasteiger partial charge < -0.3 is 10.2 Å². The normalized spacial score (nSPS) is 15.1. The van der Waals surface area contributed by atoms with Crippen molar-refractivity contribution in [1.82, 2.24) is 4.90 Å². The Kier molecular flexibility index (Phi) is 6.07. The highest BCUT2D eigenvalue weighted by Crippen LogP contribution is 2.21. The predicted molar refractivity (Wildman–Crippen MR) is 109 cm³/mol. The van der Waals surface area contributed by atoms with Crippen molar-refractivity contribution in [3.8, 4) is 0 Å². The van der Waals surface area contributed by atoms with Crippen LogP contribution in [0.5, 0.6) is 0 Å². The summed E-state index contributed by atoms with van der Waals surface area (Å²) in [6.07, 6.45) is 4.84. The highest BCUT2D eigenvalue weighted by atomic mass is 16.2. The number of carbonyl (C=O) groups is 2. The molecule has 1 N–H and O–H groups in total. The van der Waals surface area contributed by atoms with Gasteiger partial charge in [0, 0.05) is 30.8 Å². The molecule has 1 aliphatic heterocycles. The van der Waals surface area contributed by atoms with E-state index in [-0.39, 0.29) is 17.7 Å². The number of hydrogen-bond donors (Lipinski definition) is 1. The molecular weight excluding hydrogens is 336 g/mol. The molecule has 1 fully saturated rings. The van der Waals surface area contributed by atoms with Crippen LogP contribution in [0.15, 0.2) is 54.6 Å². The average molecular weight is 362 g/mol. The summed E-state index contributed by atoms with van der Waals surface area (Å²) in [5.41, 5.74) is 4.22. The first-order valence-electron chi connectivity index (χ1n) is 9.43. The van der Waals surface area contributed by atoms with Crippen LogP contribution in [0.4, 0.5) is 5.69 Å². The zero-order chi connectivity index (χ0) is 19.2. The number of carbonyl (C=O) groups excluding carboxylic acids is 2. The van der Waals surface area contributed by atoms with Crippen LogP contribution in [0.1, 0.15) is 29.5 Å². The molecule has 2 aromatic carbocycles. The largest absolute Gasteiger partial charge is 0.339 e. The van der Waals surface area contributed by atoms with Gasteiger partial charge in [-0.25, -0.2) is 0 Å². The van der Waals surface area contributed by atoms with Crippen molar-refractivity contribution in [2.24, 2.45) is 5.92 Å². The smallest absolute Gasteiger partial charge is 0.246 e. The molecule has 140 valence electrons. The van der Waals surface area contributed by atoms with Crippen molar-refractivity contribution >= 4 is 23.6 Å². The first-order valence-corrected chi connectivity index (χ1v) is 9.43. The molecule has 27 heavy (non-hydrogen) atoms. The number of amides is 2. The summed E-state index contributed by atoms with van der Waals surface area (Å²) in [6, 6.07) is 15.7. The Morgan fingerprint density at radius 1 is 1.00 bits per heavy atom. The number of hydrogen-bond acceptors (Lipinski definition) is 2. The molecule has 0 unspecified atom stereocenters. The minimum atomic E-state index is -0.0474. The van der Waals surface area contributed by atoms with Gasteiger partial charge in [-0.05, 0) is 61.6 Å². The molecule has 2 aromatic rings. The van der Waals surface area contributed by atoms with Crippen LogP contribution in [0.3, 0.4) is 0 Å². The minimum Gasteiger partial charge on any atom is -0.339 e. The lowest BCUT2D eigenvalue weighted by Gasteiger charge is -2.30. The third kappa shape index (κ3) is 5.07. The van der Waals surface area contributed by atoms with Gasteiger partial charge in [-0.1, -0.05) is 36.4 Å². The number of benzene rings is 2. The lowest BCUT2D eigenvalue weighted by Crippen LogP contribution is -2.40. The summed E-state index contributed by atoms with van der Waals surface area (Å²) in [4.78, 5) is 26.7. The summed E-state index contributed by atoms with van der Waals surface area (Å²) in [5.74, 6) is 0.00538. The van der Waals surface area contributed by atoms with Crippen LogP contribution < -0.4 is 5.32 Å². The lowest BCUT2D eigenvalue weighted by atomic mass is 9.95. The van der Waals surface area contributed by atoms with Crippen LogP contribution in [-0.4, -0.2) is 29.8 Å². The fourth-order valence-electron chi connectivity index (χ4n) is 3.26. The molecule has 0 spiro atoms. The van der Waals surface area contributed by atoms with Crippen LogP contribution in [0.25, 0.3) is 6.08 Å². The first kappa shape index (κ1) is 18.9. The Balaban J connectivity index is 1.50. The fraction of sp³-hybridized carbons (Fsp3) is 0.304. The molecule has 0 aliphatic carbocycles. The predicted octanol–water partition coefficient (Wildman–Crippen LogP) is 4.19. The Hall–Kier alpha value is -2.88. The van der Waals surface area contributed by atoms with Gasteiger partial charge in [0.1, 0.15) is 0 Å². The number of nitrogens with zero attached hydrogens (tertiary/aromatic N) is 1. The van der Waals surface area contributed by atoms with Gasteiger partial charge >= 0.3 is 0 Å². The molecule has 4 heteroatoms. The van der Waals surface area contributed by atoms with Gasteiger partial charge in [0.15, 0.2) is 0 Å². The third-order valence-corrected chi connectivity index (χ3v) is 5.17. The summed E-state index contributed by atoms with van der Waals surface area (Å²) in [5, 5.41) is 3.01. The van der Waals surface area contributed by atoms with Gasteiger partial charge in [0.2, 0.25) is 11.8 Å². The van der Waals surface area contributed by atoms with Crippen molar-refractivity contribution in [3.05, 3.63) is 71.3 Å². The van der Waals surface area contributed by atoms with Crippen LogP contribution in [0, 0.1) is 19.8 Å². The van der Waals surface area contributed by atoms with Crippen molar-refractivity contribution < 1.29 is 9.59 Å². The van der Waals surface area contributed by atoms with Crippen molar-refractivity contribution in [2.75, 3.05) is 18.4 Å². The number of rotatable bonds is 4. The third-order valence-electron chi connectivity index (χ3n) is 5.17. The molecule has 0 radical (unpaired) electrons. The molecule has 3 rings (SSSR count). The lowest BCUT2D eigenvalue weighted by molar-refractivity contribution is -0.130. The zero-order valence-electron chi connectivity index (χ0n) is 15.9. The second-order valence-electron chi connectivity index (χ2n) is 7.13. The van der Waals surface area contributed by atoms with Crippen molar-refractivity contribution in [1.29, 1.82) is 0 Å². The van der Waals surface area contributed by atoms with E-state index in [4.69, 9.17) is 0 Å². The molecule has 0 atom stereocenters. The van der Waals surface area contributed by atoms with Gasteiger partial charge in [-0.3, -0.25) is 9.59 Å². The van der Waals surface area contributed by atoms with E-state index < -0.39 is 0 Å². The average Bonchev–Trinajstić information content (AvgIpc) is 2.70. The van der Waals surface area contributed by atoms with E-state index in [1.165, 1.54) is 11.1 Å². The van der Waals surface area contributed by atoms with Crippen LogP contribution >= 0.6 is 0 Å². The maximum Gasteiger partial charge on any atom is 0.246 e. The van der Waals surface area contributed by atoms with E-state index in [1.807, 2.05) is 66.4 Å². The Morgan fingerprint density at radius 2 is 1.70 bits per heavy atom. The van der Waals surface area contributed by atoms with E-state index in [0.717, 1.165) is 11.3 Å². The number of aryl methyl sites for hydroxylation is 2. The number of anilines is 1. The maximum atomic E-state index is 12.5. The summed E-state index contributed by atoms with van der Waals surface area (Å²) >= 11 is 0. The molecule has 4 nitrogen and oxygen atoms in total. The van der Waals surface area contributed by atoms with Crippen LogP contribution in [-0.2, 0) is 9.59 Å². The van der Waals surface area contributed by atoms with E-state index >= 15 is 0 Å². The quantitative estimate of drug-likeness (QED) is 0.829. The highest BCUT2D eigenvalue weighted by molar-refractivity contribution is 5.94. The van der Waals surface area contributed by atoms with Gasteiger partial charge in [0.05, 0.1) is 0 Å². The van der Waals surface area contributed by atoms with Crippen LogP contribution in [0.2, 0.25) is 0 Å². The minimum absolute atomic E-state index is 0.00636. The Bertz CT molecular complexity index is 835. The second-order valence-corrected chi connectivity index (χ2v) is 7.13. The molecule has 1 saturated heterocycles. The highest BCUT2D eigenvalue weighted by Gasteiger charge is 2.26. The van der Waals surface area contributed by atoms with E-state index in [2.05, 4.69) is 12.2 Å². The summed E-state index contributed by atoms with van der Waals surface area (Å²) in [7, 11) is 0. The molecule has 1 heterocycles. The monoisotopic (exact) mass is 362 g/mol.